The Morgan fingerprint density at radius 1 is 1.42 bits per heavy atom. The van der Waals surface area contributed by atoms with Gasteiger partial charge in [0.1, 0.15) is 0 Å². The lowest BCUT2D eigenvalue weighted by atomic mass is 10.1. The van der Waals surface area contributed by atoms with Crippen LogP contribution < -0.4 is 16.4 Å². The second kappa shape index (κ2) is 5.59. The lowest BCUT2D eigenvalue weighted by molar-refractivity contribution is 0.537. The van der Waals surface area contributed by atoms with Crippen molar-refractivity contribution < 1.29 is 4.42 Å². The van der Waals surface area contributed by atoms with E-state index in [1.807, 2.05) is 18.2 Å². The van der Waals surface area contributed by atoms with Gasteiger partial charge >= 0.3 is 5.76 Å². The molecule has 0 bridgehead atoms. The van der Waals surface area contributed by atoms with E-state index < -0.39 is 5.76 Å². The zero-order valence-corrected chi connectivity index (χ0v) is 10.9. The second-order valence-electron chi connectivity index (χ2n) is 5.09. The molecule has 1 atom stereocenters. The van der Waals surface area contributed by atoms with Crippen molar-refractivity contribution in [3.8, 4) is 0 Å². The van der Waals surface area contributed by atoms with Gasteiger partial charge in [-0.05, 0) is 50.0 Å². The first kappa shape index (κ1) is 12.4. The molecule has 1 unspecified atom stereocenters. The topological polar surface area (TPSA) is 70.1 Å². The first-order valence-electron chi connectivity index (χ1n) is 6.87. The van der Waals surface area contributed by atoms with Crippen molar-refractivity contribution in [2.75, 3.05) is 19.6 Å². The Bertz CT molecular complexity index is 596. The average molecular weight is 261 g/mol. The summed E-state index contributed by atoms with van der Waals surface area (Å²) in [4.78, 5) is 13.7. The van der Waals surface area contributed by atoms with Crippen molar-refractivity contribution >= 4 is 11.1 Å². The molecule has 3 N–H and O–H groups in total. The molecule has 1 aromatic carbocycles. The zero-order chi connectivity index (χ0) is 13.1. The fourth-order valence-electron chi connectivity index (χ4n) is 2.59. The minimum atomic E-state index is -0.391. The summed E-state index contributed by atoms with van der Waals surface area (Å²) >= 11 is 0. The first-order chi connectivity index (χ1) is 9.31. The van der Waals surface area contributed by atoms with Crippen molar-refractivity contribution in [3.63, 3.8) is 0 Å². The van der Waals surface area contributed by atoms with Gasteiger partial charge < -0.3 is 15.1 Å². The Morgan fingerprint density at radius 2 is 2.37 bits per heavy atom. The molecule has 2 aromatic rings. The number of hydrogen-bond donors (Lipinski definition) is 3. The van der Waals surface area contributed by atoms with Crippen LogP contribution in [0, 0.1) is 0 Å². The molecule has 5 nitrogen and oxygen atoms in total. The van der Waals surface area contributed by atoms with Crippen LogP contribution in [0.3, 0.4) is 0 Å². The number of benzene rings is 1. The molecule has 1 aliphatic rings. The molecule has 0 aliphatic carbocycles. The van der Waals surface area contributed by atoms with Crippen LogP contribution in [0.2, 0.25) is 0 Å². The van der Waals surface area contributed by atoms with E-state index >= 15 is 0 Å². The highest BCUT2D eigenvalue weighted by Gasteiger charge is 2.12. The molecule has 0 spiro atoms. The molecular formula is C14H19N3O2. The summed E-state index contributed by atoms with van der Waals surface area (Å²) in [5, 5.41) is 6.94. The fourth-order valence-corrected chi connectivity index (χ4v) is 2.59. The molecule has 19 heavy (non-hydrogen) atoms. The molecule has 1 fully saturated rings. The van der Waals surface area contributed by atoms with Gasteiger partial charge in [0.05, 0.1) is 5.52 Å². The minimum absolute atomic E-state index is 0.391. The molecule has 0 amide bonds. The van der Waals surface area contributed by atoms with E-state index in [1.165, 1.54) is 18.4 Å². The summed E-state index contributed by atoms with van der Waals surface area (Å²) in [6.45, 7) is 3.13. The van der Waals surface area contributed by atoms with E-state index in [0.717, 1.165) is 31.6 Å². The van der Waals surface area contributed by atoms with E-state index in [0.29, 0.717) is 11.6 Å². The lowest BCUT2D eigenvalue weighted by Gasteiger charge is -2.11. The molecule has 1 aromatic heterocycles. The molecule has 2 heterocycles. The summed E-state index contributed by atoms with van der Waals surface area (Å²) < 4.78 is 4.98. The predicted molar refractivity (Wildman–Crippen MR) is 74.4 cm³/mol. The van der Waals surface area contributed by atoms with E-state index in [1.54, 1.807) is 0 Å². The van der Waals surface area contributed by atoms with Crippen LogP contribution in [0.5, 0.6) is 0 Å². The van der Waals surface area contributed by atoms with Crippen LogP contribution >= 0.6 is 0 Å². The number of fused-ring (bicyclic) bond motifs is 1. The van der Waals surface area contributed by atoms with Gasteiger partial charge in [0.25, 0.3) is 0 Å². The number of oxazole rings is 1. The quantitative estimate of drug-likeness (QED) is 0.702. The highest BCUT2D eigenvalue weighted by atomic mass is 16.4. The van der Waals surface area contributed by atoms with Crippen molar-refractivity contribution in [2.24, 2.45) is 0 Å². The highest BCUT2D eigenvalue weighted by Crippen LogP contribution is 2.12. The maximum Gasteiger partial charge on any atom is 0.417 e. The van der Waals surface area contributed by atoms with E-state index in [4.69, 9.17) is 4.42 Å². The molecule has 0 saturated carbocycles. The monoisotopic (exact) mass is 261 g/mol. The number of nitrogens with one attached hydrogen (secondary N) is 3. The smallest absolute Gasteiger partial charge is 0.408 e. The average Bonchev–Trinajstić information content (AvgIpc) is 3.02. The third kappa shape index (κ3) is 3.05. The Hall–Kier alpha value is -1.59. The van der Waals surface area contributed by atoms with Gasteiger partial charge in [-0.25, -0.2) is 4.79 Å². The lowest BCUT2D eigenvalue weighted by Crippen LogP contribution is -2.34. The summed E-state index contributed by atoms with van der Waals surface area (Å²) in [5.74, 6) is -0.391. The van der Waals surface area contributed by atoms with Gasteiger partial charge in [0.15, 0.2) is 5.58 Å². The van der Waals surface area contributed by atoms with Gasteiger partial charge in [-0.2, -0.15) is 0 Å². The van der Waals surface area contributed by atoms with Gasteiger partial charge in [0.2, 0.25) is 0 Å². The SMILES string of the molecule is O=c1[nH]c2cc(CCNCC3CCCN3)ccc2o1. The first-order valence-corrected chi connectivity index (χ1v) is 6.87. The van der Waals surface area contributed by atoms with Gasteiger partial charge in [-0.1, -0.05) is 6.07 Å². The molecule has 0 radical (unpaired) electrons. The summed E-state index contributed by atoms with van der Waals surface area (Å²) in [6, 6.07) is 6.47. The van der Waals surface area contributed by atoms with Crippen LogP contribution in [-0.2, 0) is 6.42 Å². The molecular weight excluding hydrogens is 242 g/mol. The normalized spacial score (nSPS) is 19.3. The van der Waals surface area contributed by atoms with E-state index in [2.05, 4.69) is 15.6 Å². The molecule has 3 rings (SSSR count). The van der Waals surface area contributed by atoms with Crippen molar-refractivity contribution in [1.29, 1.82) is 0 Å². The maximum atomic E-state index is 11.1. The highest BCUT2D eigenvalue weighted by molar-refractivity contribution is 5.72. The Morgan fingerprint density at radius 3 is 3.21 bits per heavy atom. The van der Waals surface area contributed by atoms with Crippen LogP contribution in [0.25, 0.3) is 11.1 Å². The minimum Gasteiger partial charge on any atom is -0.408 e. The van der Waals surface area contributed by atoms with Crippen molar-refractivity contribution in [1.82, 2.24) is 15.6 Å². The molecule has 1 aliphatic heterocycles. The zero-order valence-electron chi connectivity index (χ0n) is 10.9. The van der Waals surface area contributed by atoms with E-state index in [-0.39, 0.29) is 0 Å². The molecule has 5 heteroatoms. The number of H-pyrrole nitrogens is 1. The number of aromatic amines is 1. The van der Waals surface area contributed by atoms with Crippen LogP contribution in [0.15, 0.2) is 27.4 Å². The predicted octanol–water partition coefficient (Wildman–Crippen LogP) is 1.01. The Kier molecular flexibility index (Phi) is 3.66. The summed E-state index contributed by atoms with van der Waals surface area (Å²) in [7, 11) is 0. The number of rotatable bonds is 5. The van der Waals surface area contributed by atoms with Crippen LogP contribution in [0.4, 0.5) is 0 Å². The Balaban J connectivity index is 1.51. The largest absolute Gasteiger partial charge is 0.417 e. The van der Waals surface area contributed by atoms with Crippen molar-refractivity contribution in [2.45, 2.75) is 25.3 Å². The third-order valence-electron chi connectivity index (χ3n) is 3.63. The van der Waals surface area contributed by atoms with Gasteiger partial charge in [-0.3, -0.25) is 4.98 Å². The van der Waals surface area contributed by atoms with Crippen LogP contribution in [0.1, 0.15) is 18.4 Å². The maximum absolute atomic E-state index is 11.1. The Labute approximate surface area is 111 Å². The van der Waals surface area contributed by atoms with E-state index in [9.17, 15) is 4.79 Å². The van der Waals surface area contributed by atoms with Crippen molar-refractivity contribution in [3.05, 3.63) is 34.3 Å². The standard InChI is InChI=1S/C14H19N3O2/c18-14-17-12-8-10(3-4-13(12)19-14)5-7-15-9-11-2-1-6-16-11/h3-4,8,11,15-16H,1-2,5-7,9H2,(H,17,18). The third-order valence-corrected chi connectivity index (χ3v) is 3.63. The second-order valence-corrected chi connectivity index (χ2v) is 5.09. The summed E-state index contributed by atoms with van der Waals surface area (Å²) in [5.41, 5.74) is 2.60. The molecule has 1 saturated heterocycles. The summed E-state index contributed by atoms with van der Waals surface area (Å²) in [6.07, 6.45) is 3.52. The number of hydrogen-bond acceptors (Lipinski definition) is 4. The fraction of sp³-hybridized carbons (Fsp3) is 0.500. The number of aromatic nitrogens is 1. The van der Waals surface area contributed by atoms with Gasteiger partial charge in [-0.15, -0.1) is 0 Å². The molecule has 102 valence electrons. The van der Waals surface area contributed by atoms with Gasteiger partial charge in [0, 0.05) is 12.6 Å². The van der Waals surface area contributed by atoms with Crippen LogP contribution in [-0.4, -0.2) is 30.7 Å².